The van der Waals surface area contributed by atoms with Crippen molar-refractivity contribution in [2.75, 3.05) is 0 Å². The van der Waals surface area contributed by atoms with Crippen molar-refractivity contribution < 1.29 is 9.21 Å². The Hall–Kier alpha value is -2.35. The van der Waals surface area contributed by atoms with Crippen molar-refractivity contribution in [1.29, 1.82) is 5.41 Å². The highest BCUT2D eigenvalue weighted by Gasteiger charge is 2.35. The number of halogens is 2. The fourth-order valence-corrected chi connectivity index (χ4v) is 4.28. The molecule has 0 radical (unpaired) electrons. The molecule has 0 aliphatic carbocycles. The molecule has 0 fully saturated rings. The first-order chi connectivity index (χ1) is 13.4. The molecule has 0 bridgehead atoms. The van der Waals surface area contributed by atoms with Crippen LogP contribution in [0.4, 0.5) is 0 Å². The number of hydrazone groups is 1. The molecule has 0 atom stereocenters. The Morgan fingerprint density at radius 1 is 1.25 bits per heavy atom. The second-order valence-electron chi connectivity index (χ2n) is 6.12. The van der Waals surface area contributed by atoms with Gasteiger partial charge < -0.3 is 4.42 Å². The summed E-state index contributed by atoms with van der Waals surface area (Å²) in [4.78, 5) is 16.5. The number of aliphatic imine (C=N–C) groups is 1. The highest BCUT2D eigenvalue weighted by Crippen LogP contribution is 2.32. The number of hydrogen-bond donors (Lipinski definition) is 1. The molecule has 0 saturated heterocycles. The number of thioether (sulfide) groups is 1. The van der Waals surface area contributed by atoms with Crippen molar-refractivity contribution in [3.63, 3.8) is 0 Å². The summed E-state index contributed by atoms with van der Waals surface area (Å²) in [6, 6.07) is 8.57. The molecule has 0 spiro atoms. The van der Waals surface area contributed by atoms with Crippen LogP contribution in [-0.4, -0.2) is 27.0 Å². The molecule has 0 saturated carbocycles. The van der Waals surface area contributed by atoms with Crippen LogP contribution >= 0.6 is 35.0 Å². The summed E-state index contributed by atoms with van der Waals surface area (Å²) in [7, 11) is 0. The molecular weight excluding hydrogens is 419 g/mol. The number of fused-ring (bicyclic) bond motifs is 1. The summed E-state index contributed by atoms with van der Waals surface area (Å²) in [5, 5.41) is 16.4. The summed E-state index contributed by atoms with van der Waals surface area (Å²) in [5.74, 6) is 0.468. The van der Waals surface area contributed by atoms with E-state index in [1.165, 1.54) is 22.8 Å². The van der Waals surface area contributed by atoms with Gasteiger partial charge in [-0.3, -0.25) is 10.2 Å². The fourth-order valence-electron chi connectivity index (χ4n) is 2.77. The number of amides is 1. The Morgan fingerprint density at radius 2 is 2.00 bits per heavy atom. The monoisotopic (exact) mass is 432 g/mol. The minimum absolute atomic E-state index is 0.0163. The van der Waals surface area contributed by atoms with E-state index in [9.17, 15) is 4.79 Å². The molecule has 6 nitrogen and oxygen atoms in total. The molecule has 142 valence electrons. The molecule has 2 aliphatic heterocycles. The van der Waals surface area contributed by atoms with Crippen LogP contribution in [-0.2, 0) is 4.79 Å². The minimum Gasteiger partial charge on any atom is -0.457 e. The molecule has 1 aromatic carbocycles. The second kappa shape index (κ2) is 7.58. The summed E-state index contributed by atoms with van der Waals surface area (Å²) in [5.41, 5.74) is 0.841. The van der Waals surface area contributed by atoms with Crippen molar-refractivity contribution in [2.24, 2.45) is 10.1 Å². The van der Waals surface area contributed by atoms with Crippen LogP contribution in [0.25, 0.3) is 17.4 Å². The van der Waals surface area contributed by atoms with Crippen LogP contribution in [0.1, 0.15) is 25.5 Å². The van der Waals surface area contributed by atoms with Gasteiger partial charge in [0.2, 0.25) is 5.17 Å². The Labute approximate surface area is 175 Å². The van der Waals surface area contributed by atoms with Crippen LogP contribution in [0.5, 0.6) is 0 Å². The summed E-state index contributed by atoms with van der Waals surface area (Å²) < 4.78 is 5.80. The van der Waals surface area contributed by atoms with E-state index >= 15 is 0 Å². The smallest absolute Gasteiger partial charge is 0.283 e. The Balaban J connectivity index is 1.64. The standard InChI is InChI=1S/C19H14Cl2N4O2S/c1-2-3-16-24-25-17(22)14(18(26)23-19(25)28-16)9-13-4-5-15(27-13)10-6-11(20)8-12(21)7-10/h4-9,22H,2-3H2,1H3. The maximum absolute atomic E-state index is 12.4. The van der Waals surface area contributed by atoms with Crippen molar-refractivity contribution in [1.82, 2.24) is 5.01 Å². The first kappa shape index (κ1) is 19.0. The quantitative estimate of drug-likeness (QED) is 0.630. The van der Waals surface area contributed by atoms with E-state index in [-0.39, 0.29) is 11.4 Å². The van der Waals surface area contributed by atoms with E-state index in [1.807, 2.05) is 6.92 Å². The molecule has 1 aromatic heterocycles. The number of hydrogen-bond acceptors (Lipinski definition) is 5. The van der Waals surface area contributed by atoms with Crippen molar-refractivity contribution in [3.05, 3.63) is 51.7 Å². The predicted molar refractivity (Wildman–Crippen MR) is 114 cm³/mol. The van der Waals surface area contributed by atoms with Crippen LogP contribution in [0.2, 0.25) is 10.0 Å². The lowest BCUT2D eigenvalue weighted by molar-refractivity contribution is -0.114. The maximum Gasteiger partial charge on any atom is 0.283 e. The second-order valence-corrected chi connectivity index (χ2v) is 8.04. The van der Waals surface area contributed by atoms with Crippen LogP contribution in [0.3, 0.4) is 0 Å². The summed E-state index contributed by atoms with van der Waals surface area (Å²) in [6.07, 6.45) is 3.21. The van der Waals surface area contributed by atoms with Gasteiger partial charge in [-0.05, 0) is 61.0 Å². The van der Waals surface area contributed by atoms with Gasteiger partial charge >= 0.3 is 0 Å². The predicted octanol–water partition coefficient (Wildman–Crippen LogP) is 5.67. The Kier molecular flexibility index (Phi) is 5.14. The maximum atomic E-state index is 12.4. The molecule has 9 heteroatoms. The lowest BCUT2D eigenvalue weighted by atomic mass is 10.1. The zero-order valence-corrected chi connectivity index (χ0v) is 17.0. The zero-order chi connectivity index (χ0) is 19.8. The fraction of sp³-hybridized carbons (Fsp3) is 0.158. The molecule has 3 heterocycles. The average Bonchev–Trinajstić information content (AvgIpc) is 3.25. The molecule has 2 aromatic rings. The first-order valence-electron chi connectivity index (χ1n) is 8.50. The number of furan rings is 1. The van der Waals surface area contributed by atoms with Gasteiger partial charge in [0.1, 0.15) is 16.6 Å². The third-order valence-corrected chi connectivity index (χ3v) is 5.43. The van der Waals surface area contributed by atoms with Crippen molar-refractivity contribution >= 4 is 63.0 Å². The lowest BCUT2D eigenvalue weighted by Crippen LogP contribution is -2.35. The number of amidine groups is 2. The number of nitrogens with one attached hydrogen (secondary N) is 1. The molecular formula is C19H14Cl2N4O2S. The van der Waals surface area contributed by atoms with Crippen LogP contribution < -0.4 is 0 Å². The van der Waals surface area contributed by atoms with E-state index < -0.39 is 5.91 Å². The lowest BCUT2D eigenvalue weighted by Gasteiger charge is -2.19. The largest absolute Gasteiger partial charge is 0.457 e. The van der Waals surface area contributed by atoms with Crippen LogP contribution in [0.15, 0.2) is 50.4 Å². The molecule has 1 N–H and O–H groups in total. The number of nitrogens with zero attached hydrogens (tertiary/aromatic N) is 3. The van der Waals surface area contributed by atoms with Gasteiger partial charge in [-0.15, -0.1) is 0 Å². The number of carbonyl (C=O) groups excluding carboxylic acids is 1. The first-order valence-corrected chi connectivity index (χ1v) is 10.1. The SMILES string of the molecule is CCCC1=NN2C(=N)C(=Cc3ccc(-c4cc(Cl)cc(Cl)c4)o3)C(=O)N=C2S1. The average molecular weight is 433 g/mol. The van der Waals surface area contributed by atoms with Gasteiger partial charge in [0.05, 0.1) is 5.57 Å². The van der Waals surface area contributed by atoms with E-state index in [4.69, 9.17) is 33.0 Å². The molecule has 4 rings (SSSR count). The summed E-state index contributed by atoms with van der Waals surface area (Å²) in [6.45, 7) is 2.05. The van der Waals surface area contributed by atoms with Crippen molar-refractivity contribution in [3.8, 4) is 11.3 Å². The van der Waals surface area contributed by atoms with Gasteiger partial charge in [-0.1, -0.05) is 30.1 Å². The third kappa shape index (κ3) is 3.65. The topological polar surface area (TPSA) is 82.0 Å². The highest BCUT2D eigenvalue weighted by molar-refractivity contribution is 8.26. The number of benzene rings is 1. The van der Waals surface area contributed by atoms with E-state index in [0.717, 1.165) is 23.4 Å². The molecule has 0 unspecified atom stereocenters. The number of rotatable bonds is 4. The van der Waals surface area contributed by atoms with Gasteiger partial charge in [0.15, 0.2) is 5.84 Å². The summed E-state index contributed by atoms with van der Waals surface area (Å²) >= 11 is 13.4. The van der Waals surface area contributed by atoms with Crippen LogP contribution in [0, 0.1) is 5.41 Å². The normalized spacial score (nSPS) is 17.8. The zero-order valence-electron chi connectivity index (χ0n) is 14.7. The van der Waals surface area contributed by atoms with Gasteiger partial charge in [0, 0.05) is 15.6 Å². The van der Waals surface area contributed by atoms with E-state index in [2.05, 4.69) is 10.1 Å². The molecule has 28 heavy (non-hydrogen) atoms. The van der Waals surface area contributed by atoms with Gasteiger partial charge in [-0.25, -0.2) is 0 Å². The Bertz CT molecular complexity index is 1070. The minimum atomic E-state index is -0.486. The molecule has 1 amide bonds. The number of carbonyl (C=O) groups is 1. The van der Waals surface area contributed by atoms with Gasteiger partial charge in [0.25, 0.3) is 5.91 Å². The third-order valence-electron chi connectivity index (χ3n) is 4.02. The Morgan fingerprint density at radius 3 is 2.71 bits per heavy atom. The van der Waals surface area contributed by atoms with Crippen molar-refractivity contribution in [2.45, 2.75) is 19.8 Å². The molecule has 2 aliphatic rings. The highest BCUT2D eigenvalue weighted by atomic mass is 35.5. The van der Waals surface area contributed by atoms with E-state index in [0.29, 0.717) is 26.7 Å². The van der Waals surface area contributed by atoms with Gasteiger partial charge in [-0.2, -0.15) is 15.1 Å². The van der Waals surface area contributed by atoms with E-state index in [1.54, 1.807) is 30.3 Å².